The molecule has 170 valence electrons. The number of thiophene rings is 1. The summed E-state index contributed by atoms with van der Waals surface area (Å²) in [5.41, 5.74) is 0. The van der Waals surface area contributed by atoms with Gasteiger partial charge in [0, 0.05) is 24.5 Å². The summed E-state index contributed by atoms with van der Waals surface area (Å²) < 4.78 is 2.01. The molecule has 1 saturated carbocycles. The van der Waals surface area contributed by atoms with Gasteiger partial charge in [-0.15, -0.1) is 21.5 Å². The maximum atomic E-state index is 4.90. The van der Waals surface area contributed by atoms with Crippen molar-refractivity contribution in [2.45, 2.75) is 71.0 Å². The zero-order chi connectivity index (χ0) is 21.6. The number of piperidine rings is 1. The second-order valence-electron chi connectivity index (χ2n) is 9.14. The van der Waals surface area contributed by atoms with Crippen LogP contribution >= 0.6 is 11.3 Å². The second-order valence-corrected chi connectivity index (χ2v) is 10.1. The fourth-order valence-corrected chi connectivity index (χ4v) is 5.44. The Bertz CT molecular complexity index is 830. The lowest BCUT2D eigenvalue weighted by atomic mass is 9.97. The van der Waals surface area contributed by atoms with Gasteiger partial charge >= 0.3 is 0 Å². The van der Waals surface area contributed by atoms with Gasteiger partial charge in [-0.3, -0.25) is 4.90 Å². The molecule has 1 atom stereocenters. The molecule has 0 bridgehead atoms. The summed E-state index contributed by atoms with van der Waals surface area (Å²) >= 11 is 1.86. The molecule has 1 saturated heterocycles. The third-order valence-corrected chi connectivity index (χ3v) is 7.82. The van der Waals surface area contributed by atoms with Gasteiger partial charge in [-0.2, -0.15) is 0 Å². The molecule has 2 aliphatic rings. The highest BCUT2D eigenvalue weighted by Crippen LogP contribution is 2.29. The minimum Gasteiger partial charge on any atom is -0.354 e. The number of likely N-dealkylation sites (tertiary alicyclic amines) is 1. The van der Waals surface area contributed by atoms with E-state index in [-0.39, 0.29) is 0 Å². The van der Waals surface area contributed by atoms with E-state index in [1.807, 2.05) is 29.9 Å². The summed E-state index contributed by atoms with van der Waals surface area (Å²) in [5.74, 6) is 3.55. The Hall–Kier alpha value is -1.93. The first-order chi connectivity index (χ1) is 15.1. The van der Waals surface area contributed by atoms with E-state index in [4.69, 9.17) is 4.99 Å². The van der Waals surface area contributed by atoms with Gasteiger partial charge < -0.3 is 15.2 Å². The number of aryl methyl sites for hydroxylation is 1. The topological polar surface area (TPSA) is 70.4 Å². The monoisotopic (exact) mass is 443 g/mol. The van der Waals surface area contributed by atoms with Crippen molar-refractivity contribution in [1.82, 2.24) is 30.3 Å². The largest absolute Gasteiger partial charge is 0.354 e. The first-order valence-corrected chi connectivity index (χ1v) is 12.6. The van der Waals surface area contributed by atoms with Crippen LogP contribution in [0.15, 0.2) is 22.5 Å². The minimum absolute atomic E-state index is 0.389. The number of guanidine groups is 1. The third kappa shape index (κ3) is 5.86. The van der Waals surface area contributed by atoms with Gasteiger partial charge in [0.2, 0.25) is 0 Å². The van der Waals surface area contributed by atoms with Crippen molar-refractivity contribution in [2.24, 2.45) is 18.0 Å². The normalized spacial score (nSPS) is 20.3. The molecule has 3 heterocycles. The Morgan fingerprint density at radius 2 is 2.00 bits per heavy atom. The Morgan fingerprint density at radius 1 is 1.23 bits per heavy atom. The van der Waals surface area contributed by atoms with Gasteiger partial charge in [0.05, 0.1) is 6.04 Å². The van der Waals surface area contributed by atoms with Crippen LogP contribution in [0.5, 0.6) is 0 Å². The van der Waals surface area contributed by atoms with E-state index < -0.39 is 0 Å². The standard InChI is InChI=1S/C23H37N7S/c1-17-10-12-30(13-11-17)20(21-9-6-14-31-21)15-24-23(26-19-7-4-5-8-19)25-16-22-28-27-18(2)29(22)3/h6,9,14,17,19-20H,4-5,7-8,10-13,15-16H2,1-3H3,(H2,24,25,26). The molecule has 1 aliphatic heterocycles. The fraction of sp³-hybridized carbons (Fsp3) is 0.696. The molecule has 2 fully saturated rings. The van der Waals surface area contributed by atoms with Crippen molar-refractivity contribution in [3.05, 3.63) is 34.0 Å². The zero-order valence-corrected chi connectivity index (χ0v) is 20.0. The van der Waals surface area contributed by atoms with Crippen LogP contribution < -0.4 is 10.6 Å². The van der Waals surface area contributed by atoms with Crippen LogP contribution in [0.25, 0.3) is 0 Å². The molecule has 7 nitrogen and oxygen atoms in total. The highest BCUT2D eigenvalue weighted by atomic mass is 32.1. The predicted molar refractivity (Wildman–Crippen MR) is 127 cm³/mol. The van der Waals surface area contributed by atoms with Crippen LogP contribution in [0.2, 0.25) is 0 Å². The van der Waals surface area contributed by atoms with E-state index in [0.717, 1.165) is 30.1 Å². The Labute approximate surface area is 190 Å². The second kappa shape index (κ2) is 10.6. The summed E-state index contributed by atoms with van der Waals surface area (Å²) in [5, 5.41) is 18.0. The van der Waals surface area contributed by atoms with Crippen molar-refractivity contribution in [3.8, 4) is 0 Å². The van der Waals surface area contributed by atoms with Crippen molar-refractivity contribution < 1.29 is 0 Å². The molecule has 31 heavy (non-hydrogen) atoms. The number of hydrogen-bond donors (Lipinski definition) is 2. The summed E-state index contributed by atoms with van der Waals surface area (Å²) in [6, 6.07) is 5.35. The van der Waals surface area contributed by atoms with Crippen LogP contribution in [-0.4, -0.2) is 51.3 Å². The molecule has 4 rings (SSSR count). The van der Waals surface area contributed by atoms with Gasteiger partial charge in [-0.25, -0.2) is 4.99 Å². The number of hydrogen-bond acceptors (Lipinski definition) is 5. The molecular formula is C23H37N7S. The molecule has 0 aromatic carbocycles. The van der Waals surface area contributed by atoms with Crippen LogP contribution in [0.3, 0.4) is 0 Å². The van der Waals surface area contributed by atoms with Crippen molar-refractivity contribution >= 4 is 17.3 Å². The van der Waals surface area contributed by atoms with Gasteiger partial charge in [-0.05, 0) is 63.1 Å². The molecule has 1 unspecified atom stereocenters. The smallest absolute Gasteiger partial charge is 0.191 e. The van der Waals surface area contributed by atoms with Crippen molar-refractivity contribution in [2.75, 3.05) is 19.6 Å². The van der Waals surface area contributed by atoms with Crippen LogP contribution in [-0.2, 0) is 13.6 Å². The molecule has 0 spiro atoms. The van der Waals surface area contributed by atoms with E-state index in [2.05, 4.69) is 50.2 Å². The lowest BCUT2D eigenvalue weighted by Crippen LogP contribution is -2.47. The molecule has 1 aliphatic carbocycles. The van der Waals surface area contributed by atoms with Gasteiger partial charge in [0.25, 0.3) is 0 Å². The van der Waals surface area contributed by atoms with E-state index in [9.17, 15) is 0 Å². The van der Waals surface area contributed by atoms with E-state index in [0.29, 0.717) is 18.6 Å². The number of rotatable bonds is 7. The first kappa shape index (κ1) is 22.3. The lowest BCUT2D eigenvalue weighted by Gasteiger charge is -2.36. The average Bonchev–Trinajstić information content (AvgIpc) is 3.53. The number of nitrogens with zero attached hydrogens (tertiary/aromatic N) is 5. The molecule has 2 N–H and O–H groups in total. The highest BCUT2D eigenvalue weighted by molar-refractivity contribution is 7.10. The molecule has 0 amide bonds. The quantitative estimate of drug-likeness (QED) is 0.505. The van der Waals surface area contributed by atoms with Crippen molar-refractivity contribution in [3.63, 3.8) is 0 Å². The van der Waals surface area contributed by atoms with E-state index in [1.54, 1.807) is 0 Å². The number of aliphatic imine (C=N–C) groups is 1. The van der Waals surface area contributed by atoms with Gasteiger partial charge in [0.15, 0.2) is 11.8 Å². The summed E-state index contributed by atoms with van der Waals surface area (Å²) in [7, 11) is 2.00. The zero-order valence-electron chi connectivity index (χ0n) is 19.2. The Kier molecular flexibility index (Phi) is 7.61. The lowest BCUT2D eigenvalue weighted by molar-refractivity contribution is 0.140. The Balaban J connectivity index is 1.46. The SMILES string of the molecule is Cc1nnc(CN=C(NCC(c2cccs2)N2CCC(C)CC2)NC2CCCC2)n1C. The van der Waals surface area contributed by atoms with Crippen LogP contribution in [0.4, 0.5) is 0 Å². The van der Waals surface area contributed by atoms with E-state index in [1.165, 1.54) is 56.5 Å². The molecular weight excluding hydrogens is 406 g/mol. The summed E-state index contributed by atoms with van der Waals surface area (Å²) in [4.78, 5) is 8.99. The third-order valence-electron chi connectivity index (χ3n) is 6.85. The summed E-state index contributed by atoms with van der Waals surface area (Å²) in [6.45, 7) is 8.09. The summed E-state index contributed by atoms with van der Waals surface area (Å²) in [6.07, 6.45) is 7.63. The van der Waals surface area contributed by atoms with Crippen LogP contribution in [0.1, 0.15) is 68.0 Å². The average molecular weight is 444 g/mol. The minimum atomic E-state index is 0.389. The maximum Gasteiger partial charge on any atom is 0.191 e. The predicted octanol–water partition coefficient (Wildman–Crippen LogP) is 3.64. The maximum absolute atomic E-state index is 4.90. The number of nitrogens with one attached hydrogen (secondary N) is 2. The molecule has 8 heteroatoms. The number of aromatic nitrogens is 3. The van der Waals surface area contributed by atoms with Gasteiger partial charge in [-0.1, -0.05) is 25.8 Å². The highest BCUT2D eigenvalue weighted by Gasteiger charge is 2.26. The molecule has 2 aromatic rings. The fourth-order valence-electron chi connectivity index (χ4n) is 4.58. The van der Waals surface area contributed by atoms with Crippen LogP contribution in [0, 0.1) is 12.8 Å². The van der Waals surface area contributed by atoms with E-state index >= 15 is 0 Å². The van der Waals surface area contributed by atoms with Gasteiger partial charge in [0.1, 0.15) is 12.4 Å². The first-order valence-electron chi connectivity index (χ1n) is 11.8. The Morgan fingerprint density at radius 3 is 2.65 bits per heavy atom. The van der Waals surface area contributed by atoms with Crippen molar-refractivity contribution in [1.29, 1.82) is 0 Å². The molecule has 2 aromatic heterocycles. The molecule has 0 radical (unpaired) electrons.